The quantitative estimate of drug-likeness (QED) is 0.736. The van der Waals surface area contributed by atoms with E-state index in [0.29, 0.717) is 6.54 Å². The van der Waals surface area contributed by atoms with Crippen molar-refractivity contribution in [1.29, 1.82) is 0 Å². The lowest BCUT2D eigenvalue weighted by atomic mass is 9.99. The van der Waals surface area contributed by atoms with E-state index in [-0.39, 0.29) is 0 Å². The Kier molecular flexibility index (Phi) is 5.96. The number of rotatable bonds is 7. The number of hydrogen-bond donors (Lipinski definition) is 2. The molecular weight excluding hydrogens is 264 g/mol. The number of pyridine rings is 1. The largest absolute Gasteiger partial charge is 0.389 e. The maximum atomic E-state index is 9.87. The first-order chi connectivity index (χ1) is 10.1. The van der Waals surface area contributed by atoms with Gasteiger partial charge in [0.25, 0.3) is 0 Å². The molecule has 5 heteroatoms. The summed E-state index contributed by atoms with van der Waals surface area (Å²) in [5.74, 6) is 1.08. The molecule has 0 radical (unpaired) electrons. The molecule has 0 aliphatic carbocycles. The summed E-state index contributed by atoms with van der Waals surface area (Å²) < 4.78 is 0. The molecule has 0 bridgehead atoms. The van der Waals surface area contributed by atoms with Gasteiger partial charge in [0.15, 0.2) is 0 Å². The van der Waals surface area contributed by atoms with Gasteiger partial charge in [0.1, 0.15) is 5.82 Å². The van der Waals surface area contributed by atoms with Crippen LogP contribution in [0.5, 0.6) is 0 Å². The lowest BCUT2D eigenvalue weighted by Gasteiger charge is -2.35. The lowest BCUT2D eigenvalue weighted by molar-refractivity contribution is 0.0563. The zero-order valence-electron chi connectivity index (χ0n) is 13.0. The van der Waals surface area contributed by atoms with Crippen LogP contribution in [-0.4, -0.2) is 59.9 Å². The molecule has 1 aliphatic heterocycles. The number of unbranched alkanes of at least 4 members (excludes halogenated alkanes) is 1. The van der Waals surface area contributed by atoms with E-state index >= 15 is 0 Å². The van der Waals surface area contributed by atoms with Gasteiger partial charge in [-0.3, -0.25) is 4.90 Å². The van der Waals surface area contributed by atoms with Gasteiger partial charge in [0.05, 0.1) is 5.60 Å². The van der Waals surface area contributed by atoms with Crippen LogP contribution in [-0.2, 0) is 0 Å². The molecule has 1 atom stereocenters. The molecule has 1 fully saturated rings. The first-order valence-corrected chi connectivity index (χ1v) is 7.91. The molecule has 1 aliphatic rings. The summed E-state index contributed by atoms with van der Waals surface area (Å²) in [4.78, 5) is 9.25. The third-order valence-electron chi connectivity index (χ3n) is 4.23. The Labute approximate surface area is 127 Å². The van der Waals surface area contributed by atoms with Gasteiger partial charge in [-0.05, 0) is 44.9 Å². The second-order valence-electron chi connectivity index (χ2n) is 6.17. The topological polar surface area (TPSA) is 65.6 Å². The monoisotopic (exact) mass is 292 g/mol. The number of nitrogens with two attached hydrogens (primary N) is 1. The molecule has 0 saturated carbocycles. The van der Waals surface area contributed by atoms with Crippen LogP contribution in [0.25, 0.3) is 0 Å². The van der Waals surface area contributed by atoms with E-state index in [1.54, 1.807) is 0 Å². The molecule has 0 spiro atoms. The predicted molar refractivity (Wildman–Crippen MR) is 86.4 cm³/mol. The van der Waals surface area contributed by atoms with E-state index in [4.69, 9.17) is 5.73 Å². The molecule has 2 rings (SSSR count). The highest BCUT2D eigenvalue weighted by Crippen LogP contribution is 2.15. The fourth-order valence-electron chi connectivity index (χ4n) is 2.68. The van der Waals surface area contributed by atoms with Crippen molar-refractivity contribution in [1.82, 2.24) is 9.88 Å². The maximum absolute atomic E-state index is 9.87. The summed E-state index contributed by atoms with van der Waals surface area (Å²) in [5, 5.41) is 9.87. The average molecular weight is 292 g/mol. The Morgan fingerprint density at radius 1 is 1.24 bits per heavy atom. The van der Waals surface area contributed by atoms with Crippen LogP contribution in [0.4, 0.5) is 5.82 Å². The second kappa shape index (κ2) is 7.73. The van der Waals surface area contributed by atoms with Crippen molar-refractivity contribution in [2.75, 3.05) is 44.2 Å². The van der Waals surface area contributed by atoms with E-state index in [1.165, 1.54) is 0 Å². The molecule has 118 valence electrons. The van der Waals surface area contributed by atoms with Gasteiger partial charge in [0, 0.05) is 38.9 Å². The van der Waals surface area contributed by atoms with Crippen molar-refractivity contribution in [3.63, 3.8) is 0 Å². The van der Waals surface area contributed by atoms with Crippen LogP contribution in [0.1, 0.15) is 26.2 Å². The number of aliphatic hydroxyl groups is 1. The molecule has 1 aromatic rings. The Balaban J connectivity index is 1.63. The summed E-state index contributed by atoms with van der Waals surface area (Å²) in [6.45, 7) is 7.52. The van der Waals surface area contributed by atoms with Crippen LogP contribution in [0, 0.1) is 0 Å². The van der Waals surface area contributed by atoms with Gasteiger partial charge in [-0.25, -0.2) is 4.98 Å². The van der Waals surface area contributed by atoms with Crippen molar-refractivity contribution in [2.45, 2.75) is 31.8 Å². The van der Waals surface area contributed by atoms with Gasteiger partial charge >= 0.3 is 0 Å². The van der Waals surface area contributed by atoms with Crippen LogP contribution in [0.3, 0.4) is 0 Å². The maximum Gasteiger partial charge on any atom is 0.128 e. The highest BCUT2D eigenvalue weighted by molar-refractivity contribution is 5.38. The first kappa shape index (κ1) is 16.2. The SMILES string of the molecule is CC(O)(CN)CCCCN1CCN(c2ccccn2)CC1. The van der Waals surface area contributed by atoms with E-state index < -0.39 is 5.60 Å². The zero-order chi connectivity index (χ0) is 15.1. The van der Waals surface area contributed by atoms with E-state index in [0.717, 1.165) is 57.8 Å². The lowest BCUT2D eigenvalue weighted by Crippen LogP contribution is -2.47. The van der Waals surface area contributed by atoms with Gasteiger partial charge in [-0.2, -0.15) is 0 Å². The highest BCUT2D eigenvalue weighted by Gasteiger charge is 2.19. The Morgan fingerprint density at radius 2 is 2.00 bits per heavy atom. The minimum absolute atomic E-state index is 0.343. The molecule has 1 aromatic heterocycles. The van der Waals surface area contributed by atoms with Gasteiger partial charge in [-0.15, -0.1) is 0 Å². The van der Waals surface area contributed by atoms with Crippen molar-refractivity contribution in [3.8, 4) is 0 Å². The molecular formula is C16H28N4O. The second-order valence-corrected chi connectivity index (χ2v) is 6.17. The number of hydrogen-bond acceptors (Lipinski definition) is 5. The predicted octanol–water partition coefficient (Wildman–Crippen LogP) is 1.08. The van der Waals surface area contributed by atoms with Gasteiger partial charge in [0.2, 0.25) is 0 Å². The van der Waals surface area contributed by atoms with Crippen LogP contribution < -0.4 is 10.6 Å². The molecule has 1 unspecified atom stereocenters. The standard InChI is InChI=1S/C16H28N4O/c1-16(21,14-17)7-3-5-9-19-10-12-20(13-11-19)15-6-2-4-8-18-15/h2,4,6,8,21H,3,5,7,9-14,17H2,1H3. The van der Waals surface area contributed by atoms with Crippen LogP contribution >= 0.6 is 0 Å². The Hall–Kier alpha value is -1.17. The summed E-state index contributed by atoms with van der Waals surface area (Å²) in [7, 11) is 0. The summed E-state index contributed by atoms with van der Waals surface area (Å²) in [6, 6.07) is 6.07. The van der Waals surface area contributed by atoms with Gasteiger partial charge < -0.3 is 15.7 Å². The van der Waals surface area contributed by atoms with E-state index in [9.17, 15) is 5.11 Å². The van der Waals surface area contributed by atoms with Crippen molar-refractivity contribution >= 4 is 5.82 Å². The molecule has 1 saturated heterocycles. The first-order valence-electron chi connectivity index (χ1n) is 7.91. The summed E-state index contributed by atoms with van der Waals surface area (Å²) in [6.07, 6.45) is 4.80. The summed E-state index contributed by atoms with van der Waals surface area (Å²) >= 11 is 0. The number of aromatic nitrogens is 1. The van der Waals surface area contributed by atoms with Crippen molar-refractivity contribution in [3.05, 3.63) is 24.4 Å². The number of anilines is 1. The minimum atomic E-state index is -0.697. The average Bonchev–Trinajstić information content (AvgIpc) is 2.53. The molecule has 5 nitrogen and oxygen atoms in total. The minimum Gasteiger partial charge on any atom is -0.389 e. The number of nitrogens with zero attached hydrogens (tertiary/aromatic N) is 3. The number of piperazine rings is 1. The molecule has 3 N–H and O–H groups in total. The van der Waals surface area contributed by atoms with Crippen molar-refractivity contribution in [2.24, 2.45) is 5.73 Å². The molecule has 0 aromatic carbocycles. The molecule has 21 heavy (non-hydrogen) atoms. The van der Waals surface area contributed by atoms with E-state index in [2.05, 4.69) is 20.9 Å². The van der Waals surface area contributed by atoms with Crippen LogP contribution in [0.15, 0.2) is 24.4 Å². The molecule has 0 amide bonds. The van der Waals surface area contributed by atoms with Crippen molar-refractivity contribution < 1.29 is 5.11 Å². The Morgan fingerprint density at radius 3 is 2.62 bits per heavy atom. The molecule has 2 heterocycles. The Bertz CT molecular complexity index is 402. The fraction of sp³-hybridized carbons (Fsp3) is 0.688. The van der Waals surface area contributed by atoms with Crippen LogP contribution in [0.2, 0.25) is 0 Å². The van der Waals surface area contributed by atoms with E-state index in [1.807, 2.05) is 25.3 Å². The summed E-state index contributed by atoms with van der Waals surface area (Å²) in [5.41, 5.74) is 4.83. The normalized spacial score (nSPS) is 19.5. The van der Waals surface area contributed by atoms with Gasteiger partial charge in [-0.1, -0.05) is 6.07 Å². The third-order valence-corrected chi connectivity index (χ3v) is 4.23. The third kappa shape index (κ3) is 5.26. The smallest absolute Gasteiger partial charge is 0.128 e. The highest BCUT2D eigenvalue weighted by atomic mass is 16.3. The fourth-order valence-corrected chi connectivity index (χ4v) is 2.68. The zero-order valence-corrected chi connectivity index (χ0v) is 13.0.